The van der Waals surface area contributed by atoms with Gasteiger partial charge in [-0.2, -0.15) is 0 Å². The summed E-state index contributed by atoms with van der Waals surface area (Å²) < 4.78 is 2.65. The summed E-state index contributed by atoms with van der Waals surface area (Å²) in [7, 11) is 1.62. The Morgan fingerprint density at radius 1 is 0.886 bits per heavy atom. The molecule has 0 fully saturated rings. The van der Waals surface area contributed by atoms with Crippen LogP contribution in [0.5, 0.6) is 0 Å². The van der Waals surface area contributed by atoms with Crippen LogP contribution in [0.25, 0.3) is 21.3 Å². The molecule has 0 saturated carbocycles. The molecule has 5 rings (SSSR count). The molecule has 0 aliphatic rings. The first kappa shape index (κ1) is 22.6. The zero-order chi connectivity index (χ0) is 24.4. The lowest BCUT2D eigenvalue weighted by molar-refractivity contribution is 0.0955. The van der Waals surface area contributed by atoms with Crippen LogP contribution in [0.15, 0.2) is 101 Å². The number of benzene rings is 3. The second-order valence-electron chi connectivity index (χ2n) is 8.25. The predicted molar refractivity (Wildman–Crippen MR) is 140 cm³/mol. The fourth-order valence-corrected chi connectivity index (χ4v) is 5.16. The van der Waals surface area contributed by atoms with Gasteiger partial charge in [-0.3, -0.25) is 18.7 Å². The van der Waals surface area contributed by atoms with E-state index >= 15 is 0 Å². The normalized spacial score (nSPS) is 11.0. The average molecular weight is 482 g/mol. The quantitative estimate of drug-likeness (QED) is 0.391. The summed E-state index contributed by atoms with van der Waals surface area (Å²) in [5.74, 6) is -0.282. The summed E-state index contributed by atoms with van der Waals surface area (Å²) in [6.45, 7) is 0.519. The molecule has 6 nitrogen and oxygen atoms in total. The second kappa shape index (κ2) is 9.56. The van der Waals surface area contributed by atoms with E-state index in [0.717, 1.165) is 33.6 Å². The van der Waals surface area contributed by atoms with Gasteiger partial charge in [-0.15, -0.1) is 11.3 Å². The van der Waals surface area contributed by atoms with Crippen molar-refractivity contribution in [2.45, 2.75) is 13.1 Å². The summed E-state index contributed by atoms with van der Waals surface area (Å²) in [4.78, 5) is 39.9. The number of carbonyl (C=O) groups excluding carboxylic acids is 1. The predicted octanol–water partition coefficient (Wildman–Crippen LogP) is 4.41. The number of amides is 1. The molecule has 35 heavy (non-hydrogen) atoms. The second-order valence-corrected chi connectivity index (χ2v) is 9.28. The molecule has 1 N–H and O–H groups in total. The number of hydrogen-bond acceptors (Lipinski definition) is 4. The van der Waals surface area contributed by atoms with Crippen molar-refractivity contribution in [3.63, 3.8) is 0 Å². The molecule has 2 heterocycles. The number of rotatable bonds is 6. The summed E-state index contributed by atoms with van der Waals surface area (Å²) in [6, 6.07) is 28.9. The lowest BCUT2D eigenvalue weighted by atomic mass is 10.00. The van der Waals surface area contributed by atoms with Crippen LogP contribution >= 0.6 is 11.3 Å². The topological polar surface area (TPSA) is 73.1 Å². The molecule has 5 aromatic rings. The number of aryl methyl sites for hydroxylation is 1. The molecule has 0 aliphatic heterocycles. The van der Waals surface area contributed by atoms with Crippen molar-refractivity contribution < 1.29 is 4.79 Å². The molecule has 174 valence electrons. The molecular formula is C28H23N3O3S. The van der Waals surface area contributed by atoms with Crippen LogP contribution in [0.2, 0.25) is 0 Å². The van der Waals surface area contributed by atoms with Crippen LogP contribution in [-0.2, 0) is 20.1 Å². The van der Waals surface area contributed by atoms with Gasteiger partial charge < -0.3 is 5.32 Å². The van der Waals surface area contributed by atoms with Gasteiger partial charge in [0.2, 0.25) is 0 Å². The molecule has 0 spiro atoms. The third-order valence-corrected chi connectivity index (χ3v) is 7.17. The largest absolute Gasteiger partial charge is 0.347 e. The smallest absolute Gasteiger partial charge is 0.332 e. The van der Waals surface area contributed by atoms with Crippen LogP contribution in [-0.4, -0.2) is 15.0 Å². The van der Waals surface area contributed by atoms with E-state index in [2.05, 4.69) is 5.32 Å². The van der Waals surface area contributed by atoms with Crippen molar-refractivity contribution in [2.24, 2.45) is 7.05 Å². The number of nitrogens with one attached hydrogen (secondary N) is 1. The Morgan fingerprint density at radius 2 is 1.54 bits per heavy atom. The highest BCUT2D eigenvalue weighted by atomic mass is 32.1. The Hall–Kier alpha value is -4.23. The first-order chi connectivity index (χ1) is 17.0. The Balaban J connectivity index is 1.43. The SMILES string of the molecule is Cn1c(=O)n(Cc2ccccc2)c(=O)c2cc(C(=O)NCc3ccccc3-c3ccccc3)sc21. The highest BCUT2D eigenvalue weighted by Crippen LogP contribution is 2.24. The summed E-state index contributed by atoms with van der Waals surface area (Å²) in [6.07, 6.45) is 0. The van der Waals surface area contributed by atoms with E-state index in [4.69, 9.17) is 0 Å². The standard InChI is InChI=1S/C28H23N3O3S/c1-30-27-23(26(33)31(28(30)34)18-19-10-4-2-5-11-19)16-24(35-27)25(32)29-17-21-14-8-9-15-22(21)20-12-6-3-7-13-20/h2-16H,17-18H2,1H3,(H,29,32). The molecule has 0 atom stereocenters. The van der Waals surface area contributed by atoms with Gasteiger partial charge in [0.15, 0.2) is 0 Å². The maximum atomic E-state index is 13.1. The van der Waals surface area contributed by atoms with E-state index in [9.17, 15) is 14.4 Å². The number of fused-ring (bicyclic) bond motifs is 1. The zero-order valence-corrected chi connectivity index (χ0v) is 19.9. The van der Waals surface area contributed by atoms with E-state index in [-0.39, 0.29) is 12.5 Å². The zero-order valence-electron chi connectivity index (χ0n) is 19.1. The third-order valence-electron chi connectivity index (χ3n) is 5.96. The van der Waals surface area contributed by atoms with Gasteiger partial charge in [0.25, 0.3) is 11.5 Å². The number of nitrogens with zero attached hydrogens (tertiary/aromatic N) is 2. The molecule has 1 amide bonds. The summed E-state index contributed by atoms with van der Waals surface area (Å²) >= 11 is 1.15. The van der Waals surface area contributed by atoms with Crippen molar-refractivity contribution in [2.75, 3.05) is 0 Å². The average Bonchev–Trinajstić information content (AvgIpc) is 3.36. The minimum absolute atomic E-state index is 0.177. The minimum Gasteiger partial charge on any atom is -0.347 e. The molecule has 0 aliphatic carbocycles. The Labute approximate surface area is 205 Å². The number of carbonyl (C=O) groups is 1. The van der Waals surface area contributed by atoms with Crippen molar-refractivity contribution in [1.82, 2.24) is 14.5 Å². The van der Waals surface area contributed by atoms with Crippen molar-refractivity contribution in [3.8, 4) is 11.1 Å². The third kappa shape index (κ3) is 4.46. The van der Waals surface area contributed by atoms with Crippen molar-refractivity contribution in [3.05, 3.63) is 128 Å². The monoisotopic (exact) mass is 481 g/mol. The molecular weight excluding hydrogens is 458 g/mol. The van der Waals surface area contributed by atoms with Crippen LogP contribution < -0.4 is 16.6 Å². The van der Waals surface area contributed by atoms with E-state index in [1.165, 1.54) is 9.13 Å². The van der Waals surface area contributed by atoms with Gasteiger partial charge in [0.1, 0.15) is 4.83 Å². The molecule has 0 saturated heterocycles. The lowest BCUT2D eigenvalue weighted by Gasteiger charge is -2.10. The Bertz CT molecular complexity index is 1630. The van der Waals surface area contributed by atoms with E-state index in [1.54, 1.807) is 13.1 Å². The van der Waals surface area contributed by atoms with Gasteiger partial charge in [0, 0.05) is 13.6 Å². The van der Waals surface area contributed by atoms with E-state index < -0.39 is 11.2 Å². The molecule has 2 aromatic heterocycles. The van der Waals surface area contributed by atoms with Crippen LogP contribution in [0.3, 0.4) is 0 Å². The number of thiophene rings is 1. The first-order valence-electron chi connectivity index (χ1n) is 11.2. The van der Waals surface area contributed by atoms with Crippen LogP contribution in [0.1, 0.15) is 20.8 Å². The lowest BCUT2D eigenvalue weighted by Crippen LogP contribution is -2.38. The minimum atomic E-state index is -0.406. The van der Waals surface area contributed by atoms with Crippen molar-refractivity contribution in [1.29, 1.82) is 0 Å². The maximum Gasteiger partial charge on any atom is 0.332 e. The molecule has 0 radical (unpaired) electrons. The fraction of sp³-hybridized carbons (Fsp3) is 0.107. The summed E-state index contributed by atoms with van der Waals surface area (Å²) in [5, 5.41) is 3.33. The van der Waals surface area contributed by atoms with Crippen molar-refractivity contribution >= 4 is 27.5 Å². The van der Waals surface area contributed by atoms with Gasteiger partial charge in [-0.1, -0.05) is 84.9 Å². The van der Waals surface area contributed by atoms with Gasteiger partial charge in [0.05, 0.1) is 16.8 Å². The van der Waals surface area contributed by atoms with Gasteiger partial charge >= 0.3 is 5.69 Å². The van der Waals surface area contributed by atoms with Gasteiger partial charge in [-0.25, -0.2) is 4.79 Å². The van der Waals surface area contributed by atoms with E-state index in [0.29, 0.717) is 21.6 Å². The highest BCUT2D eigenvalue weighted by Gasteiger charge is 2.18. The molecule has 0 unspecified atom stereocenters. The van der Waals surface area contributed by atoms with Gasteiger partial charge in [-0.05, 0) is 28.3 Å². The van der Waals surface area contributed by atoms with Crippen LogP contribution in [0, 0.1) is 0 Å². The fourth-order valence-electron chi connectivity index (χ4n) is 4.14. The maximum absolute atomic E-state index is 13.1. The molecule has 0 bridgehead atoms. The Kier molecular flexibility index (Phi) is 6.16. The highest BCUT2D eigenvalue weighted by molar-refractivity contribution is 7.20. The number of aromatic nitrogens is 2. The molecule has 7 heteroatoms. The van der Waals surface area contributed by atoms with Crippen LogP contribution in [0.4, 0.5) is 0 Å². The first-order valence-corrected chi connectivity index (χ1v) is 12.0. The Morgan fingerprint density at radius 3 is 2.29 bits per heavy atom. The van der Waals surface area contributed by atoms with E-state index in [1.807, 2.05) is 84.9 Å². The number of hydrogen-bond donors (Lipinski definition) is 1. The summed E-state index contributed by atoms with van der Waals surface area (Å²) in [5.41, 5.74) is 3.18. The molecule has 3 aromatic carbocycles.